The zero-order chi connectivity index (χ0) is 18.4. The fourth-order valence-electron chi connectivity index (χ4n) is 2.97. The molecule has 2 aromatic rings. The number of methoxy groups -OCH3 is 1. The molecule has 3 rings (SSSR count). The first-order valence-electron chi connectivity index (χ1n) is 8.90. The van der Waals surface area contributed by atoms with Crippen LogP contribution in [0.2, 0.25) is 0 Å². The third kappa shape index (κ3) is 4.84. The van der Waals surface area contributed by atoms with E-state index in [4.69, 9.17) is 14.2 Å². The van der Waals surface area contributed by atoms with Crippen molar-refractivity contribution in [3.05, 3.63) is 59.2 Å². The van der Waals surface area contributed by atoms with Crippen LogP contribution in [0.4, 0.5) is 5.69 Å². The molecule has 1 fully saturated rings. The molecular formula is C21H25NO4. The number of rotatable bonds is 7. The first-order chi connectivity index (χ1) is 12.7. The molecule has 2 aromatic carbocycles. The SMILES string of the molecule is COCc1cccc(C(=O)Nc2ccc(C)cc2OC[C@H]2CCCO2)c1. The molecule has 5 heteroatoms. The van der Waals surface area contributed by atoms with Crippen LogP contribution in [0, 0.1) is 6.92 Å². The summed E-state index contributed by atoms with van der Waals surface area (Å²) in [6, 6.07) is 13.2. The maximum absolute atomic E-state index is 12.6. The summed E-state index contributed by atoms with van der Waals surface area (Å²) in [6.45, 7) is 3.76. The number of hydrogen-bond donors (Lipinski definition) is 1. The average molecular weight is 355 g/mol. The quantitative estimate of drug-likeness (QED) is 0.817. The number of ether oxygens (including phenoxy) is 3. The van der Waals surface area contributed by atoms with Gasteiger partial charge in [-0.25, -0.2) is 0 Å². The molecule has 26 heavy (non-hydrogen) atoms. The van der Waals surface area contributed by atoms with Crippen LogP contribution in [0.25, 0.3) is 0 Å². The van der Waals surface area contributed by atoms with E-state index in [1.807, 2.05) is 43.3 Å². The molecule has 1 N–H and O–H groups in total. The summed E-state index contributed by atoms with van der Waals surface area (Å²) in [6.07, 6.45) is 2.22. The van der Waals surface area contributed by atoms with Crippen molar-refractivity contribution in [3.8, 4) is 5.75 Å². The molecule has 1 saturated heterocycles. The van der Waals surface area contributed by atoms with Gasteiger partial charge in [0.25, 0.3) is 5.91 Å². The first-order valence-corrected chi connectivity index (χ1v) is 8.90. The Morgan fingerprint density at radius 1 is 1.27 bits per heavy atom. The number of nitrogens with one attached hydrogen (secondary N) is 1. The summed E-state index contributed by atoms with van der Waals surface area (Å²) in [5, 5.41) is 2.95. The van der Waals surface area contributed by atoms with E-state index < -0.39 is 0 Å². The van der Waals surface area contributed by atoms with Crippen molar-refractivity contribution in [3.63, 3.8) is 0 Å². The average Bonchev–Trinajstić information content (AvgIpc) is 3.16. The number of amides is 1. The molecule has 0 aromatic heterocycles. The Labute approximate surface area is 154 Å². The predicted molar refractivity (Wildman–Crippen MR) is 101 cm³/mol. The molecule has 0 saturated carbocycles. The van der Waals surface area contributed by atoms with Gasteiger partial charge in [0.05, 0.1) is 18.4 Å². The molecule has 0 unspecified atom stereocenters. The second kappa shape index (κ2) is 8.83. The largest absolute Gasteiger partial charge is 0.489 e. The Bertz CT molecular complexity index is 753. The minimum Gasteiger partial charge on any atom is -0.489 e. The van der Waals surface area contributed by atoms with Crippen LogP contribution in [0.1, 0.15) is 34.3 Å². The van der Waals surface area contributed by atoms with E-state index in [0.29, 0.717) is 30.2 Å². The highest BCUT2D eigenvalue weighted by atomic mass is 16.5. The maximum atomic E-state index is 12.6. The molecule has 1 atom stereocenters. The van der Waals surface area contributed by atoms with Crippen molar-refractivity contribution < 1.29 is 19.0 Å². The topological polar surface area (TPSA) is 56.8 Å². The Morgan fingerprint density at radius 3 is 2.92 bits per heavy atom. The van der Waals surface area contributed by atoms with Gasteiger partial charge in [-0.3, -0.25) is 4.79 Å². The van der Waals surface area contributed by atoms with Crippen LogP contribution in [-0.4, -0.2) is 32.3 Å². The molecule has 0 spiro atoms. The maximum Gasteiger partial charge on any atom is 0.255 e. The zero-order valence-electron chi connectivity index (χ0n) is 15.3. The Balaban J connectivity index is 1.71. The normalized spacial score (nSPS) is 16.5. The number of benzene rings is 2. The fraction of sp³-hybridized carbons (Fsp3) is 0.381. The second-order valence-electron chi connectivity index (χ2n) is 6.53. The molecule has 5 nitrogen and oxygen atoms in total. The monoisotopic (exact) mass is 355 g/mol. The van der Waals surface area contributed by atoms with Gasteiger partial charge < -0.3 is 19.5 Å². The molecule has 0 aliphatic carbocycles. The summed E-state index contributed by atoms with van der Waals surface area (Å²) in [5.41, 5.74) is 3.28. The number of carbonyl (C=O) groups excluding carboxylic acids is 1. The molecule has 0 radical (unpaired) electrons. The van der Waals surface area contributed by atoms with Crippen molar-refractivity contribution in [1.82, 2.24) is 0 Å². The Hall–Kier alpha value is -2.37. The van der Waals surface area contributed by atoms with Gasteiger partial charge in [-0.15, -0.1) is 0 Å². The summed E-state index contributed by atoms with van der Waals surface area (Å²) in [7, 11) is 1.64. The van der Waals surface area contributed by atoms with E-state index in [1.165, 1.54) is 0 Å². The zero-order valence-corrected chi connectivity index (χ0v) is 15.3. The van der Waals surface area contributed by atoms with Crippen molar-refractivity contribution in [2.45, 2.75) is 32.5 Å². The summed E-state index contributed by atoms with van der Waals surface area (Å²) >= 11 is 0. The van der Waals surface area contributed by atoms with Crippen molar-refractivity contribution >= 4 is 11.6 Å². The van der Waals surface area contributed by atoms with Gasteiger partial charge in [0.1, 0.15) is 12.4 Å². The lowest BCUT2D eigenvalue weighted by Gasteiger charge is -2.16. The van der Waals surface area contributed by atoms with Gasteiger partial charge in [-0.2, -0.15) is 0 Å². The number of carbonyl (C=O) groups is 1. The van der Waals surface area contributed by atoms with Crippen LogP contribution in [0.5, 0.6) is 5.75 Å². The lowest BCUT2D eigenvalue weighted by Crippen LogP contribution is -2.18. The third-order valence-electron chi connectivity index (χ3n) is 4.33. The van der Waals surface area contributed by atoms with E-state index in [9.17, 15) is 4.79 Å². The van der Waals surface area contributed by atoms with E-state index in [1.54, 1.807) is 13.2 Å². The van der Waals surface area contributed by atoms with Gasteiger partial charge in [-0.1, -0.05) is 18.2 Å². The number of aryl methyl sites for hydroxylation is 1. The van der Waals surface area contributed by atoms with E-state index >= 15 is 0 Å². The molecular weight excluding hydrogens is 330 g/mol. The van der Waals surface area contributed by atoms with E-state index in [0.717, 1.165) is 30.6 Å². The van der Waals surface area contributed by atoms with Crippen LogP contribution in [-0.2, 0) is 16.1 Å². The minimum atomic E-state index is -0.172. The van der Waals surface area contributed by atoms with Gasteiger partial charge >= 0.3 is 0 Å². The van der Waals surface area contributed by atoms with Crippen LogP contribution in [0.3, 0.4) is 0 Å². The third-order valence-corrected chi connectivity index (χ3v) is 4.33. The lowest BCUT2D eigenvalue weighted by atomic mass is 10.1. The minimum absolute atomic E-state index is 0.129. The molecule has 1 heterocycles. The van der Waals surface area contributed by atoms with E-state index in [-0.39, 0.29) is 12.0 Å². The van der Waals surface area contributed by atoms with Gasteiger partial charge in [0.15, 0.2) is 0 Å². The van der Waals surface area contributed by atoms with Crippen LogP contribution in [0.15, 0.2) is 42.5 Å². The Morgan fingerprint density at radius 2 is 2.15 bits per heavy atom. The van der Waals surface area contributed by atoms with Crippen LogP contribution < -0.4 is 10.1 Å². The van der Waals surface area contributed by atoms with E-state index in [2.05, 4.69) is 5.32 Å². The standard InChI is InChI=1S/C21H25NO4/c1-15-8-9-19(20(11-15)26-14-18-7-4-10-25-18)22-21(23)17-6-3-5-16(12-17)13-24-2/h3,5-6,8-9,11-12,18H,4,7,10,13-14H2,1-2H3,(H,22,23)/t18-/m1/s1. The van der Waals surface area contributed by atoms with Crippen LogP contribution >= 0.6 is 0 Å². The second-order valence-corrected chi connectivity index (χ2v) is 6.53. The molecule has 138 valence electrons. The first kappa shape index (κ1) is 18.4. The summed E-state index contributed by atoms with van der Waals surface area (Å²) in [5.74, 6) is 0.496. The summed E-state index contributed by atoms with van der Waals surface area (Å²) in [4.78, 5) is 12.6. The van der Waals surface area contributed by atoms with Crippen molar-refractivity contribution in [2.75, 3.05) is 25.6 Å². The van der Waals surface area contributed by atoms with Gasteiger partial charge in [-0.05, 0) is 55.2 Å². The number of hydrogen-bond acceptors (Lipinski definition) is 4. The lowest BCUT2D eigenvalue weighted by molar-refractivity contribution is 0.0681. The highest BCUT2D eigenvalue weighted by Gasteiger charge is 2.17. The molecule has 1 aliphatic heterocycles. The number of anilines is 1. The summed E-state index contributed by atoms with van der Waals surface area (Å²) < 4.78 is 16.7. The van der Waals surface area contributed by atoms with Gasteiger partial charge in [0.2, 0.25) is 0 Å². The smallest absolute Gasteiger partial charge is 0.255 e. The van der Waals surface area contributed by atoms with Crippen molar-refractivity contribution in [2.24, 2.45) is 0 Å². The fourth-order valence-corrected chi connectivity index (χ4v) is 2.97. The Kier molecular flexibility index (Phi) is 6.26. The van der Waals surface area contributed by atoms with Gasteiger partial charge in [0, 0.05) is 19.3 Å². The highest BCUT2D eigenvalue weighted by Crippen LogP contribution is 2.27. The highest BCUT2D eigenvalue weighted by molar-refractivity contribution is 6.05. The molecule has 0 bridgehead atoms. The molecule has 1 aliphatic rings. The predicted octanol–water partition coefficient (Wildman–Crippen LogP) is 3.95. The van der Waals surface area contributed by atoms with Crippen molar-refractivity contribution in [1.29, 1.82) is 0 Å². The molecule has 1 amide bonds.